The van der Waals surface area contributed by atoms with Crippen LogP contribution in [0.4, 0.5) is 11.4 Å². The van der Waals surface area contributed by atoms with Crippen molar-refractivity contribution in [2.75, 3.05) is 11.9 Å². The van der Waals surface area contributed by atoms with Crippen LogP contribution in [0.2, 0.25) is 10.0 Å². The minimum absolute atomic E-state index is 0.0312. The predicted molar refractivity (Wildman–Crippen MR) is 109 cm³/mol. The number of halogens is 2. The molecule has 0 fully saturated rings. The second-order valence-corrected chi connectivity index (χ2v) is 6.58. The molecule has 0 radical (unpaired) electrons. The summed E-state index contributed by atoms with van der Waals surface area (Å²) >= 11 is 16.8. The Morgan fingerprint density at radius 1 is 1.19 bits per heavy atom. The van der Waals surface area contributed by atoms with Crippen LogP contribution >= 0.6 is 35.4 Å². The van der Waals surface area contributed by atoms with Crippen LogP contribution in [0, 0.1) is 10.1 Å². The lowest BCUT2D eigenvalue weighted by Crippen LogP contribution is -2.34. The molecule has 2 rings (SSSR count). The molecule has 2 N–H and O–H groups in total. The highest BCUT2D eigenvalue weighted by Gasteiger charge is 2.08. The number of carbonyl (C=O) groups is 1. The van der Waals surface area contributed by atoms with E-state index < -0.39 is 4.92 Å². The largest absolute Gasteiger partial charge is 0.492 e. The minimum Gasteiger partial charge on any atom is -0.492 e. The van der Waals surface area contributed by atoms with E-state index in [4.69, 9.17) is 40.2 Å². The maximum absolute atomic E-state index is 11.9. The standard InChI is InChI=1S/C17H15Cl2N3O4S/c18-11-3-8-15(14(19)10-11)26-9-1-2-16(23)21-17(27)20-12-4-6-13(7-5-12)22(24)25/h3-8,10H,1-2,9H2,(H2,20,21,23,27). The maximum Gasteiger partial charge on any atom is 0.269 e. The van der Waals surface area contributed by atoms with E-state index in [9.17, 15) is 14.9 Å². The number of ether oxygens (including phenoxy) is 1. The highest BCUT2D eigenvalue weighted by Crippen LogP contribution is 2.27. The highest BCUT2D eigenvalue weighted by molar-refractivity contribution is 7.80. The van der Waals surface area contributed by atoms with E-state index in [0.29, 0.717) is 34.5 Å². The monoisotopic (exact) mass is 427 g/mol. The topological polar surface area (TPSA) is 93.5 Å². The van der Waals surface area contributed by atoms with E-state index in [2.05, 4.69) is 10.6 Å². The first-order valence-electron chi connectivity index (χ1n) is 7.78. The van der Waals surface area contributed by atoms with Gasteiger partial charge in [0.2, 0.25) is 5.91 Å². The third-order valence-corrected chi connectivity index (χ3v) is 4.02. The van der Waals surface area contributed by atoms with Crippen molar-refractivity contribution in [1.82, 2.24) is 5.32 Å². The van der Waals surface area contributed by atoms with Crippen molar-refractivity contribution in [1.29, 1.82) is 0 Å². The molecule has 0 saturated carbocycles. The van der Waals surface area contributed by atoms with Gasteiger partial charge in [-0.25, -0.2) is 0 Å². The van der Waals surface area contributed by atoms with E-state index >= 15 is 0 Å². The second kappa shape index (κ2) is 10.1. The van der Waals surface area contributed by atoms with Gasteiger partial charge in [0, 0.05) is 29.3 Å². The van der Waals surface area contributed by atoms with Crippen LogP contribution in [0.15, 0.2) is 42.5 Å². The number of benzene rings is 2. The molecule has 142 valence electrons. The molecular formula is C17H15Cl2N3O4S. The Kier molecular flexibility index (Phi) is 7.78. The van der Waals surface area contributed by atoms with Gasteiger partial charge < -0.3 is 15.4 Å². The quantitative estimate of drug-likeness (QED) is 0.290. The number of non-ortho nitro benzene ring substituents is 1. The average Bonchev–Trinajstić information content (AvgIpc) is 2.60. The Bertz CT molecular complexity index is 847. The zero-order chi connectivity index (χ0) is 19.8. The zero-order valence-corrected chi connectivity index (χ0v) is 16.2. The number of rotatable bonds is 7. The van der Waals surface area contributed by atoms with Gasteiger partial charge in [-0.2, -0.15) is 0 Å². The fourth-order valence-electron chi connectivity index (χ4n) is 2.03. The maximum atomic E-state index is 11.9. The molecule has 27 heavy (non-hydrogen) atoms. The third-order valence-electron chi connectivity index (χ3n) is 3.29. The lowest BCUT2D eigenvalue weighted by Gasteiger charge is -2.10. The number of thiocarbonyl (C=S) groups is 1. The molecule has 0 spiro atoms. The molecule has 10 heteroatoms. The Hall–Kier alpha value is -2.42. The fourth-order valence-corrected chi connectivity index (χ4v) is 2.72. The van der Waals surface area contributed by atoms with Crippen molar-refractivity contribution < 1.29 is 14.5 Å². The molecule has 0 aromatic heterocycles. The first-order valence-corrected chi connectivity index (χ1v) is 8.94. The summed E-state index contributed by atoms with van der Waals surface area (Å²) in [6.45, 7) is 0.303. The SMILES string of the molecule is O=C(CCCOc1ccc(Cl)cc1Cl)NC(=S)Nc1ccc([N+](=O)[O-])cc1. The lowest BCUT2D eigenvalue weighted by atomic mass is 10.3. The van der Waals surface area contributed by atoms with Gasteiger partial charge in [-0.1, -0.05) is 23.2 Å². The zero-order valence-electron chi connectivity index (χ0n) is 13.9. The minimum atomic E-state index is -0.497. The molecule has 0 heterocycles. The van der Waals surface area contributed by atoms with Gasteiger partial charge in [-0.15, -0.1) is 0 Å². The van der Waals surface area contributed by atoms with E-state index in [0.717, 1.165) is 0 Å². The van der Waals surface area contributed by atoms with Crippen LogP contribution in [-0.4, -0.2) is 22.5 Å². The number of nitrogens with one attached hydrogen (secondary N) is 2. The van der Waals surface area contributed by atoms with Crippen molar-refractivity contribution in [3.05, 3.63) is 62.6 Å². The van der Waals surface area contributed by atoms with Crippen LogP contribution < -0.4 is 15.4 Å². The number of hydrogen-bond donors (Lipinski definition) is 2. The molecule has 2 aromatic carbocycles. The molecule has 0 atom stereocenters. The number of amides is 1. The number of carbonyl (C=O) groups excluding carboxylic acids is 1. The van der Waals surface area contributed by atoms with Crippen LogP contribution in [0.5, 0.6) is 5.75 Å². The van der Waals surface area contributed by atoms with Crippen molar-refractivity contribution in [2.45, 2.75) is 12.8 Å². The van der Waals surface area contributed by atoms with Gasteiger partial charge in [0.1, 0.15) is 5.75 Å². The molecule has 1 amide bonds. The third kappa shape index (κ3) is 7.01. The average molecular weight is 428 g/mol. The molecule has 0 saturated heterocycles. The molecule has 0 unspecified atom stereocenters. The van der Waals surface area contributed by atoms with Crippen LogP contribution in [-0.2, 0) is 4.79 Å². The Labute approximate surface area is 170 Å². The van der Waals surface area contributed by atoms with Crippen molar-refractivity contribution in [3.8, 4) is 5.75 Å². The van der Waals surface area contributed by atoms with E-state index in [1.54, 1.807) is 18.2 Å². The second-order valence-electron chi connectivity index (χ2n) is 5.33. The fraction of sp³-hybridized carbons (Fsp3) is 0.176. The summed E-state index contributed by atoms with van der Waals surface area (Å²) in [5.74, 6) is 0.219. The Morgan fingerprint density at radius 2 is 1.89 bits per heavy atom. The number of nitro groups is 1. The summed E-state index contributed by atoms with van der Waals surface area (Å²) in [5, 5.41) is 16.9. The summed E-state index contributed by atoms with van der Waals surface area (Å²) in [7, 11) is 0. The molecule has 0 aliphatic rings. The van der Waals surface area contributed by atoms with Crippen molar-refractivity contribution >= 4 is 57.8 Å². The molecule has 0 bridgehead atoms. The molecule has 2 aromatic rings. The molecule has 0 aliphatic carbocycles. The molecule has 0 aliphatic heterocycles. The summed E-state index contributed by atoms with van der Waals surface area (Å²) in [4.78, 5) is 22.0. The van der Waals surface area contributed by atoms with Gasteiger partial charge in [0.25, 0.3) is 5.69 Å². The van der Waals surface area contributed by atoms with Gasteiger partial charge in [0.05, 0.1) is 16.6 Å². The van der Waals surface area contributed by atoms with E-state index in [1.807, 2.05) is 0 Å². The summed E-state index contributed by atoms with van der Waals surface area (Å²) in [6.07, 6.45) is 0.665. The van der Waals surface area contributed by atoms with Gasteiger partial charge in [-0.05, 0) is 49.0 Å². The van der Waals surface area contributed by atoms with Crippen LogP contribution in [0.1, 0.15) is 12.8 Å². The first-order chi connectivity index (χ1) is 12.8. The summed E-state index contributed by atoms with van der Waals surface area (Å²) < 4.78 is 5.50. The number of nitrogens with zero attached hydrogens (tertiary/aromatic N) is 1. The van der Waals surface area contributed by atoms with Crippen LogP contribution in [0.25, 0.3) is 0 Å². The van der Waals surface area contributed by atoms with Gasteiger partial charge in [-0.3, -0.25) is 14.9 Å². The van der Waals surface area contributed by atoms with Gasteiger partial charge >= 0.3 is 0 Å². The van der Waals surface area contributed by atoms with E-state index in [-0.39, 0.29) is 23.1 Å². The number of nitro benzene ring substituents is 1. The smallest absolute Gasteiger partial charge is 0.269 e. The first kappa shape index (κ1) is 20.9. The normalized spacial score (nSPS) is 10.1. The predicted octanol–water partition coefficient (Wildman–Crippen LogP) is 4.57. The Morgan fingerprint density at radius 3 is 2.52 bits per heavy atom. The Balaban J connectivity index is 1.70. The van der Waals surface area contributed by atoms with Crippen LogP contribution in [0.3, 0.4) is 0 Å². The van der Waals surface area contributed by atoms with Crippen molar-refractivity contribution in [3.63, 3.8) is 0 Å². The highest BCUT2D eigenvalue weighted by atomic mass is 35.5. The summed E-state index contributed by atoms with van der Waals surface area (Å²) in [6, 6.07) is 10.6. The van der Waals surface area contributed by atoms with Gasteiger partial charge in [0.15, 0.2) is 5.11 Å². The molecule has 7 nitrogen and oxygen atoms in total. The molecular weight excluding hydrogens is 413 g/mol. The van der Waals surface area contributed by atoms with Crippen molar-refractivity contribution in [2.24, 2.45) is 0 Å². The number of anilines is 1. The summed E-state index contributed by atoms with van der Waals surface area (Å²) in [5.41, 5.74) is 0.503. The lowest BCUT2D eigenvalue weighted by molar-refractivity contribution is -0.384. The number of hydrogen-bond acceptors (Lipinski definition) is 5. The van der Waals surface area contributed by atoms with E-state index in [1.165, 1.54) is 24.3 Å².